The number of hydrogen-bond donors (Lipinski definition) is 3. The number of aliphatic carboxylic acids is 1. The van der Waals surface area contributed by atoms with Gasteiger partial charge in [0.1, 0.15) is 46.9 Å². The summed E-state index contributed by atoms with van der Waals surface area (Å²) in [7, 11) is 1.81. The maximum Gasteiger partial charge on any atom is 0.410 e. The number of carboxylic acids is 1. The average Bonchev–Trinajstić information content (AvgIpc) is 3.86. The zero-order valence-corrected chi connectivity index (χ0v) is 38.8. The molecule has 1 saturated carbocycles. The molecule has 2 aromatic carbocycles. The molecule has 0 bridgehead atoms. The van der Waals surface area contributed by atoms with Gasteiger partial charge in [0.25, 0.3) is 0 Å². The number of alkyl carbamates (subject to hydrolysis) is 1. The minimum atomic E-state index is -1.24. The van der Waals surface area contributed by atoms with Crippen molar-refractivity contribution in [3.05, 3.63) is 77.5 Å². The molecule has 5 atom stereocenters. The number of carbonyl (C=O) groups excluding carboxylic acids is 2. The van der Waals surface area contributed by atoms with Crippen molar-refractivity contribution < 1.29 is 47.6 Å². The van der Waals surface area contributed by atoms with Crippen LogP contribution in [0.2, 0.25) is 5.02 Å². The Bertz CT molecular complexity index is 2260. The lowest BCUT2D eigenvalue weighted by Crippen LogP contribution is -2.46. The minimum Gasteiger partial charge on any atom is -0.480 e. The fraction of sp³-hybridized carbons (Fsp3) is 0.543. The van der Waals surface area contributed by atoms with Gasteiger partial charge in [-0.05, 0) is 129 Å². The van der Waals surface area contributed by atoms with Crippen molar-refractivity contribution in [3.63, 3.8) is 0 Å². The SMILES string of the molecule is CNc1ncnc2c1ccn2[C@@H]1C[C@H](CN(CCCN(Cc2ccc(Oc3ccc(Cl)cc3)c(F)c2)C(=O)OC(C)(C)C)CC[C@H](NC(=O)OC(C)(C)C)C(=O)O)[C@H]2OC(C)(C)O[C@H]21. The Balaban J connectivity index is 1.22. The van der Waals surface area contributed by atoms with Crippen molar-refractivity contribution in [2.45, 2.75) is 122 Å². The van der Waals surface area contributed by atoms with Gasteiger partial charge in [0.15, 0.2) is 17.4 Å². The van der Waals surface area contributed by atoms with Gasteiger partial charge in [-0.15, -0.1) is 0 Å². The highest BCUT2D eigenvalue weighted by atomic mass is 35.5. The molecule has 1 aliphatic heterocycles. The van der Waals surface area contributed by atoms with Crippen molar-refractivity contribution in [1.82, 2.24) is 29.7 Å². The molecule has 64 heavy (non-hydrogen) atoms. The number of carbonyl (C=O) groups is 3. The standard InChI is InChI=1S/C46H61ClFN7O9/c1-44(2,3)63-42(58)52-34(41(56)57)18-21-53(26-29-24-35(38-37(29)61-46(7,8)62-38)55-22-17-32-39(49-9)50-27-51-40(32)55)19-10-20-54(43(59)64-45(4,5)6)25-28-11-16-36(33(48)23-28)60-31-14-12-30(47)13-15-31/h11-17,22-23,27,29,34-35,37-38H,10,18-21,24-26H2,1-9H3,(H,52,58)(H,56,57)(H,49,50,51)/t29-,34+,35-,37-,38+/m1/s1. The summed E-state index contributed by atoms with van der Waals surface area (Å²) in [5, 5.41) is 17.2. The summed E-state index contributed by atoms with van der Waals surface area (Å²) in [4.78, 5) is 51.6. The first kappa shape index (κ1) is 48.2. The van der Waals surface area contributed by atoms with Gasteiger partial charge in [-0.1, -0.05) is 17.7 Å². The summed E-state index contributed by atoms with van der Waals surface area (Å²) < 4.78 is 47.6. The van der Waals surface area contributed by atoms with E-state index in [-0.39, 0.29) is 56.0 Å². The van der Waals surface area contributed by atoms with Crippen LogP contribution in [-0.4, -0.2) is 116 Å². The van der Waals surface area contributed by atoms with Crippen LogP contribution in [0.5, 0.6) is 11.5 Å². The maximum absolute atomic E-state index is 15.4. The third kappa shape index (κ3) is 12.7. The van der Waals surface area contributed by atoms with Crippen LogP contribution in [0.25, 0.3) is 11.0 Å². The lowest BCUT2D eigenvalue weighted by Gasteiger charge is -2.31. The topological polar surface area (TPSA) is 179 Å². The molecule has 2 aromatic heterocycles. The summed E-state index contributed by atoms with van der Waals surface area (Å²) in [6, 6.07) is 11.7. The molecule has 2 aliphatic rings. The largest absolute Gasteiger partial charge is 0.480 e. The number of ether oxygens (including phenoxy) is 5. The molecular weight excluding hydrogens is 849 g/mol. The Morgan fingerprint density at radius 2 is 1.69 bits per heavy atom. The van der Waals surface area contributed by atoms with Crippen LogP contribution in [0.1, 0.15) is 86.3 Å². The molecule has 4 aromatic rings. The predicted octanol–water partition coefficient (Wildman–Crippen LogP) is 8.64. The number of hydrogen-bond acceptors (Lipinski definition) is 12. The van der Waals surface area contributed by atoms with Crippen molar-refractivity contribution in [3.8, 4) is 11.5 Å². The minimum absolute atomic E-state index is 0.0173. The van der Waals surface area contributed by atoms with Crippen LogP contribution in [0.15, 0.2) is 61.1 Å². The van der Waals surface area contributed by atoms with Crippen molar-refractivity contribution in [2.24, 2.45) is 5.92 Å². The van der Waals surface area contributed by atoms with Crippen LogP contribution < -0.4 is 15.4 Å². The average molecular weight is 910 g/mol. The number of halogens is 2. The smallest absolute Gasteiger partial charge is 0.410 e. The second-order valence-electron chi connectivity index (χ2n) is 18.8. The molecule has 0 unspecified atom stereocenters. The van der Waals surface area contributed by atoms with E-state index in [0.29, 0.717) is 48.1 Å². The van der Waals surface area contributed by atoms with Gasteiger partial charge < -0.3 is 53.8 Å². The number of nitrogens with one attached hydrogen (secondary N) is 2. The number of fused-ring (bicyclic) bond motifs is 2. The van der Waals surface area contributed by atoms with E-state index in [0.717, 1.165) is 11.0 Å². The number of anilines is 1. The predicted molar refractivity (Wildman–Crippen MR) is 239 cm³/mol. The first-order chi connectivity index (χ1) is 30.1. The third-order valence-corrected chi connectivity index (χ3v) is 11.1. The monoisotopic (exact) mass is 909 g/mol. The van der Waals surface area contributed by atoms with Crippen molar-refractivity contribution >= 4 is 46.6 Å². The number of carboxylic acid groups (broad SMARTS) is 1. The number of nitrogens with zero attached hydrogens (tertiary/aromatic N) is 5. The van der Waals surface area contributed by atoms with Gasteiger partial charge in [0.05, 0.1) is 17.5 Å². The highest BCUT2D eigenvalue weighted by molar-refractivity contribution is 6.30. The molecule has 1 aliphatic carbocycles. The van der Waals surface area contributed by atoms with E-state index >= 15 is 4.39 Å². The number of aromatic nitrogens is 3. The number of amides is 2. The molecule has 18 heteroatoms. The zero-order valence-electron chi connectivity index (χ0n) is 38.0. The molecule has 3 N–H and O–H groups in total. The lowest BCUT2D eigenvalue weighted by atomic mass is 10.0. The second-order valence-corrected chi connectivity index (χ2v) is 19.2. The Morgan fingerprint density at radius 3 is 2.34 bits per heavy atom. The van der Waals surface area contributed by atoms with Crippen molar-refractivity contribution in [1.29, 1.82) is 0 Å². The fourth-order valence-corrected chi connectivity index (χ4v) is 8.34. The van der Waals surface area contributed by atoms with E-state index in [1.54, 1.807) is 71.9 Å². The first-order valence-corrected chi connectivity index (χ1v) is 21.9. The molecule has 348 valence electrons. The molecule has 6 rings (SSSR count). The molecule has 2 fully saturated rings. The quantitative estimate of drug-likeness (QED) is 0.0918. The van der Waals surface area contributed by atoms with Crippen LogP contribution >= 0.6 is 11.6 Å². The summed E-state index contributed by atoms with van der Waals surface area (Å²) in [5.41, 5.74) is -0.336. The Labute approximate surface area is 378 Å². The lowest BCUT2D eigenvalue weighted by molar-refractivity contribution is -0.161. The normalized spacial score (nSPS) is 19.9. The van der Waals surface area contributed by atoms with Crippen LogP contribution in [-0.2, 0) is 30.3 Å². The van der Waals surface area contributed by atoms with E-state index in [4.69, 9.17) is 35.3 Å². The van der Waals surface area contributed by atoms with Crippen LogP contribution in [0.4, 0.5) is 19.8 Å². The van der Waals surface area contributed by atoms with Gasteiger partial charge in [-0.2, -0.15) is 0 Å². The van der Waals surface area contributed by atoms with E-state index < -0.39 is 47.0 Å². The molecule has 1 saturated heterocycles. The summed E-state index contributed by atoms with van der Waals surface area (Å²) in [6.45, 7) is 15.7. The Kier molecular flexibility index (Phi) is 15.0. The van der Waals surface area contributed by atoms with E-state index in [9.17, 15) is 19.5 Å². The van der Waals surface area contributed by atoms with Gasteiger partial charge >= 0.3 is 18.2 Å². The molecule has 16 nitrogen and oxygen atoms in total. The Morgan fingerprint density at radius 1 is 0.984 bits per heavy atom. The zero-order chi connectivity index (χ0) is 46.6. The van der Waals surface area contributed by atoms with Crippen LogP contribution in [0.3, 0.4) is 0 Å². The summed E-state index contributed by atoms with van der Waals surface area (Å²) in [5.74, 6) is -1.58. The number of benzene rings is 2. The molecule has 2 amide bonds. The summed E-state index contributed by atoms with van der Waals surface area (Å²) >= 11 is 5.99. The highest BCUT2D eigenvalue weighted by Crippen LogP contribution is 2.48. The number of rotatable bonds is 17. The van der Waals surface area contributed by atoms with Crippen LogP contribution in [0, 0.1) is 11.7 Å². The second kappa shape index (κ2) is 19.9. The Hall–Kier alpha value is -5.23. The molecular formula is C46H61ClFN7O9. The first-order valence-electron chi connectivity index (χ1n) is 21.6. The van der Waals surface area contributed by atoms with E-state index in [2.05, 4.69) is 30.1 Å². The molecule has 3 heterocycles. The maximum atomic E-state index is 15.4. The fourth-order valence-electron chi connectivity index (χ4n) is 8.21. The third-order valence-electron chi connectivity index (χ3n) is 10.8. The van der Waals surface area contributed by atoms with Crippen molar-refractivity contribution in [2.75, 3.05) is 38.5 Å². The van der Waals surface area contributed by atoms with E-state index in [1.807, 2.05) is 33.2 Å². The molecule has 0 radical (unpaired) electrons. The van der Waals surface area contributed by atoms with Gasteiger partial charge in [0, 0.05) is 50.4 Å². The molecule has 0 spiro atoms. The summed E-state index contributed by atoms with van der Waals surface area (Å²) in [6.07, 6.45) is 2.67. The van der Waals surface area contributed by atoms with Gasteiger partial charge in [0.2, 0.25) is 0 Å². The van der Waals surface area contributed by atoms with Gasteiger partial charge in [-0.3, -0.25) is 0 Å². The highest BCUT2D eigenvalue weighted by Gasteiger charge is 2.55. The van der Waals surface area contributed by atoms with E-state index in [1.165, 1.54) is 23.4 Å². The van der Waals surface area contributed by atoms with Gasteiger partial charge in [-0.25, -0.2) is 28.7 Å².